The minimum atomic E-state index is 0.335. The number of benzene rings is 1. The molecule has 0 saturated heterocycles. The molecule has 0 saturated carbocycles. The van der Waals surface area contributed by atoms with Gasteiger partial charge in [0.1, 0.15) is 0 Å². The lowest BCUT2D eigenvalue weighted by atomic mass is 10.2. The van der Waals surface area contributed by atoms with Gasteiger partial charge in [-0.3, -0.25) is 0 Å². The second kappa shape index (κ2) is 4.28. The van der Waals surface area contributed by atoms with E-state index in [2.05, 4.69) is 17.1 Å². The Morgan fingerprint density at radius 2 is 2.18 bits per heavy atom. The summed E-state index contributed by atoms with van der Waals surface area (Å²) in [6, 6.07) is 8.01. The lowest BCUT2D eigenvalue weighted by Crippen LogP contribution is -2.18. The topological polar surface area (TPSA) is 9.23 Å². The van der Waals surface area contributed by atoms with Crippen LogP contribution in [-0.2, 0) is 4.12 Å². The van der Waals surface area contributed by atoms with E-state index in [9.17, 15) is 0 Å². The Balaban J connectivity index is 2.92. The van der Waals surface area contributed by atoms with E-state index in [1.165, 1.54) is 0 Å². The maximum Gasteiger partial charge on any atom is 0.257 e. The van der Waals surface area contributed by atoms with Gasteiger partial charge in [0.25, 0.3) is 9.76 Å². The quantitative estimate of drug-likeness (QED) is 0.614. The van der Waals surface area contributed by atoms with Gasteiger partial charge >= 0.3 is 0 Å². The molecule has 0 aliphatic heterocycles. The third-order valence-electron chi connectivity index (χ3n) is 1.34. The Kier molecular flexibility index (Phi) is 3.29. The van der Waals surface area contributed by atoms with Crippen LogP contribution < -0.4 is 5.19 Å². The highest BCUT2D eigenvalue weighted by Crippen LogP contribution is 1.96. The molecule has 0 N–H and O–H groups in total. The van der Waals surface area contributed by atoms with E-state index in [1.54, 1.807) is 0 Å². The molecule has 1 aromatic carbocycles. The van der Waals surface area contributed by atoms with Gasteiger partial charge in [-0.1, -0.05) is 36.9 Å². The third kappa shape index (κ3) is 2.15. The van der Waals surface area contributed by atoms with Crippen molar-refractivity contribution in [2.24, 2.45) is 0 Å². The largest absolute Gasteiger partial charge is 0.454 e. The van der Waals surface area contributed by atoms with Crippen LogP contribution in [0.15, 0.2) is 30.8 Å². The van der Waals surface area contributed by atoms with Crippen LogP contribution in [0.3, 0.4) is 0 Å². The Bertz CT molecular complexity index is 248. The van der Waals surface area contributed by atoms with Crippen LogP contribution in [0.25, 0.3) is 6.08 Å². The molecular formula is C8H7OSi2. The van der Waals surface area contributed by atoms with Gasteiger partial charge in [-0.25, -0.2) is 0 Å². The Morgan fingerprint density at radius 1 is 1.45 bits per heavy atom. The minimum absolute atomic E-state index is 0.335. The normalized spacial score (nSPS) is 9.55. The molecule has 0 aliphatic carbocycles. The molecule has 0 aliphatic rings. The lowest BCUT2D eigenvalue weighted by molar-refractivity contribution is 0.676. The van der Waals surface area contributed by atoms with Crippen LogP contribution in [0, 0.1) is 0 Å². The smallest absolute Gasteiger partial charge is 0.257 e. The lowest BCUT2D eigenvalue weighted by Gasteiger charge is -2.00. The fraction of sp³-hybridized carbons (Fsp3) is 0. The average Bonchev–Trinajstić information content (AvgIpc) is 2.06. The van der Waals surface area contributed by atoms with Crippen molar-refractivity contribution in [3.05, 3.63) is 36.4 Å². The molecule has 3 heteroatoms. The molecule has 0 fully saturated rings. The van der Waals surface area contributed by atoms with Crippen molar-refractivity contribution < 1.29 is 4.12 Å². The molecule has 0 spiro atoms. The van der Waals surface area contributed by atoms with Crippen LogP contribution in [0.4, 0.5) is 0 Å². The van der Waals surface area contributed by atoms with Crippen molar-refractivity contribution in [1.82, 2.24) is 0 Å². The average molecular weight is 175 g/mol. The van der Waals surface area contributed by atoms with Gasteiger partial charge in [-0.2, -0.15) is 0 Å². The fourth-order valence-electron chi connectivity index (χ4n) is 0.823. The first-order valence-corrected chi connectivity index (χ1v) is 4.50. The third-order valence-corrected chi connectivity index (χ3v) is 2.43. The van der Waals surface area contributed by atoms with E-state index < -0.39 is 0 Å². The minimum Gasteiger partial charge on any atom is -0.454 e. The van der Waals surface area contributed by atoms with E-state index >= 15 is 0 Å². The predicted octanol–water partition coefficient (Wildman–Crippen LogP) is 0.674. The summed E-state index contributed by atoms with van der Waals surface area (Å²) in [5, 5.41) is 1.16. The van der Waals surface area contributed by atoms with Crippen molar-refractivity contribution in [2.75, 3.05) is 0 Å². The maximum atomic E-state index is 4.86. The molecule has 0 heterocycles. The van der Waals surface area contributed by atoms with Gasteiger partial charge in [0, 0.05) is 0 Å². The molecule has 53 valence electrons. The zero-order chi connectivity index (χ0) is 8.10. The van der Waals surface area contributed by atoms with Crippen molar-refractivity contribution in [3.63, 3.8) is 0 Å². The highest BCUT2D eigenvalue weighted by atomic mass is 28.3. The van der Waals surface area contributed by atoms with Gasteiger partial charge < -0.3 is 4.12 Å². The molecule has 0 aromatic heterocycles. The number of hydrogen-bond donors (Lipinski definition) is 0. The zero-order valence-electron chi connectivity index (χ0n) is 6.00. The molecule has 0 bridgehead atoms. The highest BCUT2D eigenvalue weighted by molar-refractivity contribution is 6.51. The van der Waals surface area contributed by atoms with Crippen LogP contribution in [0.1, 0.15) is 5.56 Å². The van der Waals surface area contributed by atoms with Crippen LogP contribution >= 0.6 is 0 Å². The molecule has 0 unspecified atom stereocenters. The highest BCUT2D eigenvalue weighted by Gasteiger charge is 1.97. The van der Waals surface area contributed by atoms with Crippen molar-refractivity contribution in [2.45, 2.75) is 0 Å². The van der Waals surface area contributed by atoms with E-state index in [0.717, 1.165) is 10.8 Å². The summed E-state index contributed by atoms with van der Waals surface area (Å²) in [5.74, 6) is 0. The summed E-state index contributed by atoms with van der Waals surface area (Å²) in [6.07, 6.45) is 1.83. The van der Waals surface area contributed by atoms with Gasteiger partial charge in [-0.05, 0) is 10.8 Å². The molecule has 0 amide bonds. The molecule has 1 nitrogen and oxygen atoms in total. The van der Waals surface area contributed by atoms with Crippen molar-refractivity contribution in [1.29, 1.82) is 0 Å². The first-order valence-electron chi connectivity index (χ1n) is 3.18. The monoisotopic (exact) mass is 175 g/mol. The van der Waals surface area contributed by atoms with E-state index in [1.807, 2.05) is 30.3 Å². The first kappa shape index (κ1) is 8.45. The summed E-state index contributed by atoms with van der Waals surface area (Å²) in [5.41, 5.74) is 1.13. The van der Waals surface area contributed by atoms with Crippen LogP contribution in [0.5, 0.6) is 0 Å². The Morgan fingerprint density at radius 3 is 2.82 bits per heavy atom. The standard InChI is InChI=1S/C8H7OSi2/c1-2-7-5-3-4-6-8(7)11-9-10/h2-6H,1H2. The summed E-state index contributed by atoms with van der Waals surface area (Å²) in [7, 11) is 3.31. The SMILES string of the molecule is C=Cc1ccccc1[Si]O[Si]. The van der Waals surface area contributed by atoms with Crippen LogP contribution in [0.2, 0.25) is 0 Å². The molecule has 5 radical (unpaired) electrons. The molecule has 1 rings (SSSR count). The maximum absolute atomic E-state index is 4.86. The van der Waals surface area contributed by atoms with Crippen molar-refractivity contribution >= 4 is 31.5 Å². The second-order valence-electron chi connectivity index (χ2n) is 2.00. The van der Waals surface area contributed by atoms with Gasteiger partial charge in [-0.15, -0.1) is 0 Å². The van der Waals surface area contributed by atoms with Gasteiger partial charge in [0.15, 0.2) is 0 Å². The molecular weight excluding hydrogens is 168 g/mol. The summed E-state index contributed by atoms with van der Waals surface area (Å²) >= 11 is 0. The molecule has 0 atom stereocenters. The second-order valence-corrected chi connectivity index (χ2v) is 3.55. The zero-order valence-corrected chi connectivity index (χ0v) is 8.00. The first-order chi connectivity index (χ1) is 5.38. The summed E-state index contributed by atoms with van der Waals surface area (Å²) < 4.78 is 4.86. The van der Waals surface area contributed by atoms with Gasteiger partial charge in [0.2, 0.25) is 10.5 Å². The molecule has 11 heavy (non-hydrogen) atoms. The van der Waals surface area contributed by atoms with E-state index in [-0.39, 0.29) is 0 Å². The van der Waals surface area contributed by atoms with Crippen molar-refractivity contribution in [3.8, 4) is 0 Å². The Labute approximate surface area is 72.6 Å². The van der Waals surface area contributed by atoms with E-state index in [4.69, 9.17) is 4.12 Å². The van der Waals surface area contributed by atoms with Crippen LogP contribution in [-0.4, -0.2) is 20.2 Å². The fourth-order valence-corrected chi connectivity index (χ4v) is 1.73. The molecule has 1 aromatic rings. The number of rotatable bonds is 3. The summed E-state index contributed by atoms with van der Waals surface area (Å²) in [4.78, 5) is 0. The summed E-state index contributed by atoms with van der Waals surface area (Å²) in [6.45, 7) is 3.71. The predicted molar refractivity (Wildman–Crippen MR) is 48.8 cm³/mol. The van der Waals surface area contributed by atoms with Gasteiger partial charge in [0.05, 0.1) is 0 Å². The number of hydrogen-bond acceptors (Lipinski definition) is 1. The van der Waals surface area contributed by atoms with E-state index in [0.29, 0.717) is 9.76 Å². The Hall–Kier alpha value is -0.646.